The van der Waals surface area contributed by atoms with Gasteiger partial charge >= 0.3 is 6.03 Å². The second-order valence-corrected chi connectivity index (χ2v) is 5.33. The van der Waals surface area contributed by atoms with Crippen LogP contribution in [0.5, 0.6) is 5.75 Å². The van der Waals surface area contributed by atoms with Gasteiger partial charge in [0.1, 0.15) is 5.75 Å². The van der Waals surface area contributed by atoms with E-state index in [1.807, 2.05) is 30.3 Å². The fourth-order valence-corrected chi connectivity index (χ4v) is 2.56. The maximum atomic E-state index is 11.8. The van der Waals surface area contributed by atoms with Crippen LogP contribution in [0.25, 0.3) is 0 Å². The Morgan fingerprint density at radius 1 is 1.05 bits per heavy atom. The molecule has 0 saturated heterocycles. The van der Waals surface area contributed by atoms with Gasteiger partial charge in [0.2, 0.25) is 5.91 Å². The molecule has 114 valence electrons. The zero-order valence-electron chi connectivity index (χ0n) is 12.0. The highest BCUT2D eigenvalue weighted by molar-refractivity contribution is 8.00. The van der Waals surface area contributed by atoms with Crippen molar-refractivity contribution in [3.8, 4) is 5.75 Å². The number of hydrogen-bond donors (Lipinski definition) is 2. The van der Waals surface area contributed by atoms with Crippen molar-refractivity contribution < 1.29 is 14.3 Å². The number of urea groups is 1. The first-order valence-electron chi connectivity index (χ1n) is 6.61. The number of hydrogen-bond acceptors (Lipinski definition) is 4. The summed E-state index contributed by atoms with van der Waals surface area (Å²) in [7, 11) is 1.58. The van der Waals surface area contributed by atoms with Crippen LogP contribution in [0, 0.1) is 0 Å². The van der Waals surface area contributed by atoms with Gasteiger partial charge in [-0.3, -0.25) is 10.1 Å². The lowest BCUT2D eigenvalue weighted by atomic mass is 10.3. The number of nitrogens with one attached hydrogen (secondary N) is 2. The average molecular weight is 316 g/mol. The SMILES string of the molecule is COc1ccccc1SCC(=O)NC(=O)Nc1ccccc1. The highest BCUT2D eigenvalue weighted by Gasteiger charge is 2.10. The summed E-state index contributed by atoms with van der Waals surface area (Å²) in [5.74, 6) is 0.459. The molecule has 0 spiro atoms. The van der Waals surface area contributed by atoms with Gasteiger partial charge in [0, 0.05) is 10.6 Å². The maximum absolute atomic E-state index is 11.8. The number of benzene rings is 2. The molecule has 0 aliphatic heterocycles. The first-order chi connectivity index (χ1) is 10.7. The Kier molecular flexibility index (Phi) is 5.85. The topological polar surface area (TPSA) is 67.4 Å². The van der Waals surface area contributed by atoms with Crippen molar-refractivity contribution in [2.45, 2.75) is 4.90 Å². The molecule has 0 bridgehead atoms. The van der Waals surface area contributed by atoms with E-state index in [1.54, 1.807) is 31.4 Å². The molecule has 22 heavy (non-hydrogen) atoms. The third-order valence-corrected chi connectivity index (χ3v) is 3.77. The molecule has 0 atom stereocenters. The fourth-order valence-electron chi connectivity index (χ4n) is 1.73. The fraction of sp³-hybridized carbons (Fsp3) is 0.125. The monoisotopic (exact) mass is 316 g/mol. The number of carbonyl (C=O) groups excluding carboxylic acids is 2. The summed E-state index contributed by atoms with van der Waals surface area (Å²) in [6.45, 7) is 0. The molecule has 6 heteroatoms. The van der Waals surface area contributed by atoms with E-state index in [0.717, 1.165) is 4.90 Å². The van der Waals surface area contributed by atoms with Crippen LogP contribution in [0.4, 0.5) is 10.5 Å². The minimum absolute atomic E-state index is 0.128. The number of imide groups is 1. The van der Waals surface area contributed by atoms with E-state index < -0.39 is 6.03 Å². The van der Waals surface area contributed by atoms with Crippen molar-refractivity contribution in [3.05, 3.63) is 54.6 Å². The number of ether oxygens (including phenoxy) is 1. The van der Waals surface area contributed by atoms with Crippen LogP contribution in [0.2, 0.25) is 0 Å². The normalized spacial score (nSPS) is 9.86. The Morgan fingerprint density at radius 2 is 1.73 bits per heavy atom. The molecule has 3 amide bonds. The summed E-state index contributed by atoms with van der Waals surface area (Å²) < 4.78 is 5.21. The predicted octanol–water partition coefficient (Wildman–Crippen LogP) is 3.14. The molecule has 0 saturated carbocycles. The standard InChI is InChI=1S/C16H16N2O3S/c1-21-13-9-5-6-10-14(13)22-11-15(19)18-16(20)17-12-7-3-2-4-8-12/h2-10H,11H2,1H3,(H2,17,18,19,20). The first-order valence-corrected chi connectivity index (χ1v) is 7.59. The number of amides is 3. The van der Waals surface area contributed by atoms with Gasteiger partial charge in [-0.25, -0.2) is 4.79 Å². The number of para-hydroxylation sites is 2. The van der Waals surface area contributed by atoms with E-state index >= 15 is 0 Å². The van der Waals surface area contributed by atoms with Crippen molar-refractivity contribution in [1.82, 2.24) is 5.32 Å². The van der Waals surface area contributed by atoms with E-state index in [2.05, 4.69) is 10.6 Å². The second kappa shape index (κ2) is 8.09. The molecule has 0 aliphatic rings. The van der Waals surface area contributed by atoms with E-state index in [-0.39, 0.29) is 11.7 Å². The Balaban J connectivity index is 1.81. The van der Waals surface area contributed by atoms with Crippen molar-refractivity contribution in [3.63, 3.8) is 0 Å². The van der Waals surface area contributed by atoms with Crippen LogP contribution in [-0.2, 0) is 4.79 Å². The molecule has 2 aromatic carbocycles. The average Bonchev–Trinajstić information content (AvgIpc) is 2.54. The summed E-state index contributed by atoms with van der Waals surface area (Å²) in [5, 5.41) is 4.87. The Labute approximate surface area is 133 Å². The van der Waals surface area contributed by atoms with E-state index in [9.17, 15) is 9.59 Å². The molecular formula is C16H16N2O3S. The third-order valence-electron chi connectivity index (χ3n) is 2.71. The minimum atomic E-state index is -0.545. The van der Waals surface area contributed by atoms with Crippen molar-refractivity contribution >= 4 is 29.4 Å². The van der Waals surface area contributed by atoms with Gasteiger partial charge in [-0.1, -0.05) is 30.3 Å². The molecule has 0 radical (unpaired) electrons. The number of carbonyl (C=O) groups is 2. The van der Waals surface area contributed by atoms with E-state index in [4.69, 9.17) is 4.74 Å². The predicted molar refractivity (Wildman–Crippen MR) is 87.3 cm³/mol. The quantitative estimate of drug-likeness (QED) is 0.832. The van der Waals surface area contributed by atoms with Crippen LogP contribution in [0.15, 0.2) is 59.5 Å². The number of anilines is 1. The van der Waals surface area contributed by atoms with Gasteiger partial charge < -0.3 is 10.1 Å². The minimum Gasteiger partial charge on any atom is -0.496 e. The molecule has 2 rings (SSSR count). The number of thioether (sulfide) groups is 1. The lowest BCUT2D eigenvalue weighted by molar-refractivity contribution is -0.117. The van der Waals surface area contributed by atoms with E-state index in [1.165, 1.54) is 11.8 Å². The highest BCUT2D eigenvalue weighted by Crippen LogP contribution is 2.28. The summed E-state index contributed by atoms with van der Waals surface area (Å²) in [6.07, 6.45) is 0. The molecule has 2 aromatic rings. The Hall–Kier alpha value is -2.47. The van der Waals surface area contributed by atoms with Gasteiger partial charge in [0.15, 0.2) is 0 Å². The van der Waals surface area contributed by atoms with Gasteiger partial charge in [-0.2, -0.15) is 0 Å². The van der Waals surface area contributed by atoms with Gasteiger partial charge in [-0.05, 0) is 24.3 Å². The van der Waals surface area contributed by atoms with Crippen molar-refractivity contribution in [2.75, 3.05) is 18.2 Å². The Morgan fingerprint density at radius 3 is 2.45 bits per heavy atom. The summed E-state index contributed by atoms with van der Waals surface area (Å²) in [6, 6.07) is 15.8. The molecule has 0 heterocycles. The maximum Gasteiger partial charge on any atom is 0.325 e. The first kappa shape index (κ1) is 15.9. The van der Waals surface area contributed by atoms with Gasteiger partial charge in [0.05, 0.1) is 12.9 Å². The Bertz CT molecular complexity index is 647. The zero-order valence-corrected chi connectivity index (χ0v) is 12.9. The van der Waals surface area contributed by atoms with Crippen molar-refractivity contribution in [1.29, 1.82) is 0 Å². The van der Waals surface area contributed by atoms with Gasteiger partial charge in [-0.15, -0.1) is 11.8 Å². The largest absolute Gasteiger partial charge is 0.496 e. The molecular weight excluding hydrogens is 300 g/mol. The molecule has 2 N–H and O–H groups in total. The molecule has 0 fully saturated rings. The summed E-state index contributed by atoms with van der Waals surface area (Å²) in [5.41, 5.74) is 0.630. The van der Waals surface area contributed by atoms with E-state index in [0.29, 0.717) is 11.4 Å². The van der Waals surface area contributed by atoms with Crippen LogP contribution < -0.4 is 15.4 Å². The number of methoxy groups -OCH3 is 1. The second-order valence-electron chi connectivity index (χ2n) is 4.31. The van der Waals surface area contributed by atoms with Crippen LogP contribution in [0.3, 0.4) is 0 Å². The summed E-state index contributed by atoms with van der Waals surface area (Å²) in [4.78, 5) is 24.3. The summed E-state index contributed by atoms with van der Waals surface area (Å²) >= 11 is 1.31. The van der Waals surface area contributed by atoms with Gasteiger partial charge in [0.25, 0.3) is 0 Å². The lowest BCUT2D eigenvalue weighted by Gasteiger charge is -2.08. The highest BCUT2D eigenvalue weighted by atomic mass is 32.2. The van der Waals surface area contributed by atoms with Crippen LogP contribution in [0.1, 0.15) is 0 Å². The molecule has 0 unspecified atom stereocenters. The molecule has 0 aliphatic carbocycles. The molecule has 0 aromatic heterocycles. The lowest BCUT2D eigenvalue weighted by Crippen LogP contribution is -2.35. The zero-order chi connectivity index (χ0) is 15.8. The smallest absolute Gasteiger partial charge is 0.325 e. The van der Waals surface area contributed by atoms with Crippen LogP contribution in [-0.4, -0.2) is 24.8 Å². The van der Waals surface area contributed by atoms with Crippen LogP contribution >= 0.6 is 11.8 Å². The number of rotatable bonds is 5. The van der Waals surface area contributed by atoms with Crippen molar-refractivity contribution in [2.24, 2.45) is 0 Å². The third kappa shape index (κ3) is 4.82. The molecule has 5 nitrogen and oxygen atoms in total.